The third-order valence-electron chi connectivity index (χ3n) is 2.03. The Morgan fingerprint density at radius 1 is 1.44 bits per heavy atom. The first kappa shape index (κ1) is 12.5. The first-order chi connectivity index (χ1) is 7.72. The Labute approximate surface area is 95.4 Å². The van der Waals surface area contributed by atoms with Gasteiger partial charge in [0.15, 0.2) is 0 Å². The molecule has 3 heteroatoms. The quantitative estimate of drug-likeness (QED) is 0.610. The number of ether oxygens (including phenoxy) is 1. The summed E-state index contributed by atoms with van der Waals surface area (Å²) in [6, 6.07) is 9.45. The highest BCUT2D eigenvalue weighted by molar-refractivity contribution is 5.70. The molecule has 0 bridgehead atoms. The summed E-state index contributed by atoms with van der Waals surface area (Å²) in [6.07, 6.45) is 2.50. The maximum atomic E-state index is 11.3. The van der Waals surface area contributed by atoms with Crippen LogP contribution in [0, 0.1) is 0 Å². The van der Waals surface area contributed by atoms with Crippen LogP contribution in [-0.4, -0.2) is 17.2 Å². The van der Waals surface area contributed by atoms with Gasteiger partial charge in [-0.3, -0.25) is 4.79 Å². The minimum Gasteiger partial charge on any atom is -0.461 e. The molecule has 0 fully saturated rings. The maximum absolute atomic E-state index is 11.3. The lowest BCUT2D eigenvalue weighted by molar-refractivity contribution is -0.146. The van der Waals surface area contributed by atoms with E-state index in [0.29, 0.717) is 0 Å². The monoisotopic (exact) mass is 220 g/mol. The molecule has 0 aliphatic carbocycles. The molecule has 16 heavy (non-hydrogen) atoms. The number of esters is 1. The zero-order valence-electron chi connectivity index (χ0n) is 9.30. The van der Waals surface area contributed by atoms with Crippen molar-refractivity contribution in [3.05, 3.63) is 48.0 Å². The Bertz CT molecular complexity index is 343. The van der Waals surface area contributed by atoms with E-state index in [-0.39, 0.29) is 13.0 Å². The van der Waals surface area contributed by atoms with Gasteiger partial charge in [0, 0.05) is 0 Å². The van der Waals surface area contributed by atoms with Gasteiger partial charge in [-0.25, -0.2) is 0 Å². The van der Waals surface area contributed by atoms with Crippen molar-refractivity contribution in [2.45, 2.75) is 26.1 Å². The third kappa shape index (κ3) is 4.75. The maximum Gasteiger partial charge on any atom is 0.309 e. The third-order valence-corrected chi connectivity index (χ3v) is 2.03. The second-order valence-corrected chi connectivity index (χ2v) is 3.44. The second kappa shape index (κ2) is 6.80. The predicted octanol–water partition coefficient (Wildman–Crippen LogP) is 2.06. The fourth-order valence-electron chi connectivity index (χ4n) is 1.26. The molecular formula is C13H16O3. The van der Waals surface area contributed by atoms with Crippen molar-refractivity contribution in [3.8, 4) is 0 Å². The number of carbonyl (C=O) groups is 1. The average molecular weight is 220 g/mol. The number of benzene rings is 1. The number of aliphatic hydroxyl groups is 1. The largest absolute Gasteiger partial charge is 0.461 e. The van der Waals surface area contributed by atoms with Crippen LogP contribution in [0.25, 0.3) is 0 Å². The Kier molecular flexibility index (Phi) is 5.29. The lowest BCUT2D eigenvalue weighted by Crippen LogP contribution is -2.13. The number of aliphatic hydroxyl groups excluding tert-OH is 1. The van der Waals surface area contributed by atoms with Gasteiger partial charge in [0.2, 0.25) is 0 Å². The van der Waals surface area contributed by atoms with E-state index in [1.165, 1.54) is 0 Å². The molecule has 0 saturated heterocycles. The molecule has 86 valence electrons. The number of hydrogen-bond donors (Lipinski definition) is 1. The molecule has 0 spiro atoms. The van der Waals surface area contributed by atoms with Gasteiger partial charge in [-0.15, -0.1) is 0 Å². The molecule has 1 aromatic carbocycles. The Morgan fingerprint density at radius 2 is 2.12 bits per heavy atom. The van der Waals surface area contributed by atoms with Crippen molar-refractivity contribution in [3.63, 3.8) is 0 Å². The normalized spacial score (nSPS) is 12.6. The van der Waals surface area contributed by atoms with Crippen LogP contribution in [0.5, 0.6) is 0 Å². The lowest BCUT2D eigenvalue weighted by atomic mass is 10.2. The number of hydrogen-bond acceptors (Lipinski definition) is 3. The van der Waals surface area contributed by atoms with Crippen LogP contribution >= 0.6 is 0 Å². The molecule has 1 rings (SSSR count). The van der Waals surface area contributed by atoms with E-state index in [9.17, 15) is 9.90 Å². The summed E-state index contributed by atoms with van der Waals surface area (Å²) < 4.78 is 5.01. The van der Waals surface area contributed by atoms with Crippen molar-refractivity contribution in [2.75, 3.05) is 0 Å². The highest BCUT2D eigenvalue weighted by atomic mass is 16.5. The Hall–Kier alpha value is -1.61. The van der Waals surface area contributed by atoms with Gasteiger partial charge in [0.25, 0.3) is 0 Å². The van der Waals surface area contributed by atoms with E-state index in [1.54, 1.807) is 19.1 Å². The van der Waals surface area contributed by atoms with E-state index in [2.05, 4.69) is 0 Å². The van der Waals surface area contributed by atoms with Crippen LogP contribution in [-0.2, 0) is 16.1 Å². The van der Waals surface area contributed by atoms with Crippen LogP contribution in [0.4, 0.5) is 0 Å². The summed E-state index contributed by atoms with van der Waals surface area (Å²) in [4.78, 5) is 11.3. The summed E-state index contributed by atoms with van der Waals surface area (Å²) >= 11 is 0. The molecule has 1 N–H and O–H groups in total. The first-order valence-electron chi connectivity index (χ1n) is 5.23. The second-order valence-electron chi connectivity index (χ2n) is 3.44. The van der Waals surface area contributed by atoms with Gasteiger partial charge in [-0.05, 0) is 12.5 Å². The van der Waals surface area contributed by atoms with Crippen LogP contribution in [0.2, 0.25) is 0 Å². The van der Waals surface area contributed by atoms with Gasteiger partial charge in [-0.2, -0.15) is 0 Å². The molecular weight excluding hydrogens is 204 g/mol. The zero-order chi connectivity index (χ0) is 11.8. The van der Waals surface area contributed by atoms with Crippen molar-refractivity contribution >= 4 is 5.97 Å². The van der Waals surface area contributed by atoms with Crippen molar-refractivity contribution in [1.29, 1.82) is 0 Å². The minimum absolute atomic E-state index is 0.00280. The standard InChI is InChI=1S/C13H16O3/c1-2-6-12(14)9-13(15)16-10-11-7-4-3-5-8-11/h2-8,12,14H,9-10H2,1H3/b6-2+/t12-/m0/s1. The van der Waals surface area contributed by atoms with E-state index in [4.69, 9.17) is 4.74 Å². The molecule has 0 saturated carbocycles. The fraction of sp³-hybridized carbons (Fsp3) is 0.308. The lowest BCUT2D eigenvalue weighted by Gasteiger charge is -2.06. The summed E-state index contributed by atoms with van der Waals surface area (Å²) in [5.74, 6) is -0.394. The topological polar surface area (TPSA) is 46.5 Å². The van der Waals surface area contributed by atoms with E-state index < -0.39 is 12.1 Å². The average Bonchev–Trinajstić information content (AvgIpc) is 2.28. The van der Waals surface area contributed by atoms with Crippen molar-refractivity contribution < 1.29 is 14.6 Å². The predicted molar refractivity (Wildman–Crippen MR) is 61.7 cm³/mol. The molecule has 0 amide bonds. The molecule has 0 radical (unpaired) electrons. The summed E-state index contributed by atoms with van der Waals surface area (Å²) in [6.45, 7) is 2.04. The van der Waals surface area contributed by atoms with Gasteiger partial charge in [-0.1, -0.05) is 42.5 Å². The summed E-state index contributed by atoms with van der Waals surface area (Å²) in [5, 5.41) is 9.33. The molecule has 1 aromatic rings. The van der Waals surface area contributed by atoms with Crippen LogP contribution in [0.15, 0.2) is 42.5 Å². The molecule has 0 aromatic heterocycles. The molecule has 3 nitrogen and oxygen atoms in total. The van der Waals surface area contributed by atoms with Gasteiger partial charge in [0.05, 0.1) is 12.5 Å². The van der Waals surface area contributed by atoms with Gasteiger partial charge >= 0.3 is 5.97 Å². The Morgan fingerprint density at radius 3 is 2.75 bits per heavy atom. The van der Waals surface area contributed by atoms with Crippen LogP contribution in [0.1, 0.15) is 18.9 Å². The van der Waals surface area contributed by atoms with E-state index in [0.717, 1.165) is 5.56 Å². The molecule has 0 aliphatic rings. The number of rotatable bonds is 5. The minimum atomic E-state index is -0.756. The molecule has 0 heterocycles. The number of carbonyl (C=O) groups excluding carboxylic acids is 1. The van der Waals surface area contributed by atoms with Gasteiger partial charge < -0.3 is 9.84 Å². The molecule has 0 unspecified atom stereocenters. The van der Waals surface area contributed by atoms with Crippen LogP contribution in [0.3, 0.4) is 0 Å². The molecule has 0 aliphatic heterocycles. The highest BCUT2D eigenvalue weighted by Crippen LogP contribution is 2.03. The first-order valence-corrected chi connectivity index (χ1v) is 5.23. The fourth-order valence-corrected chi connectivity index (χ4v) is 1.26. The van der Waals surface area contributed by atoms with Crippen molar-refractivity contribution in [2.24, 2.45) is 0 Å². The van der Waals surface area contributed by atoms with E-state index in [1.807, 2.05) is 30.3 Å². The SMILES string of the molecule is C/C=C/[C@H](O)CC(=O)OCc1ccccc1. The molecule has 1 atom stereocenters. The zero-order valence-corrected chi connectivity index (χ0v) is 9.30. The van der Waals surface area contributed by atoms with Gasteiger partial charge in [0.1, 0.15) is 6.61 Å². The van der Waals surface area contributed by atoms with Crippen molar-refractivity contribution in [1.82, 2.24) is 0 Å². The van der Waals surface area contributed by atoms with E-state index >= 15 is 0 Å². The summed E-state index contributed by atoms with van der Waals surface area (Å²) in [7, 11) is 0. The smallest absolute Gasteiger partial charge is 0.309 e. The van der Waals surface area contributed by atoms with Crippen LogP contribution < -0.4 is 0 Å². The highest BCUT2D eigenvalue weighted by Gasteiger charge is 2.08. The summed E-state index contributed by atoms with van der Waals surface area (Å²) in [5.41, 5.74) is 0.941. The number of allylic oxidation sites excluding steroid dienone is 1. The Balaban J connectivity index is 2.30.